The molecule has 0 saturated carbocycles. The van der Waals surface area contributed by atoms with Crippen molar-refractivity contribution in [3.63, 3.8) is 0 Å². The Bertz CT molecular complexity index is 653. The topological polar surface area (TPSA) is 116 Å². The Kier molecular flexibility index (Phi) is 3.27. The van der Waals surface area contributed by atoms with Crippen molar-refractivity contribution in [2.45, 2.75) is 25.0 Å². The monoisotopic (exact) mass is 311 g/mol. The quantitative estimate of drug-likeness (QED) is 0.642. The van der Waals surface area contributed by atoms with Crippen LogP contribution in [0.5, 0.6) is 0 Å². The molecule has 112 valence electrons. The first-order chi connectivity index (χ1) is 9.97. The number of aliphatic hydroxyl groups is 2. The summed E-state index contributed by atoms with van der Waals surface area (Å²) in [5, 5.41) is 28.2. The number of carboxylic acids is 1. The molecule has 0 aromatic carbocycles. The first-order valence-electron chi connectivity index (χ1n) is 6.25. The van der Waals surface area contributed by atoms with E-state index in [0.717, 1.165) is 0 Å². The Morgan fingerprint density at radius 1 is 1.57 bits per heavy atom. The number of nitrogens with zero attached hydrogens (tertiary/aromatic N) is 3. The van der Waals surface area contributed by atoms with Gasteiger partial charge in [0, 0.05) is 0 Å². The van der Waals surface area contributed by atoms with E-state index in [4.69, 9.17) is 0 Å². The average molecular weight is 311 g/mol. The second-order valence-electron chi connectivity index (χ2n) is 4.86. The Hall–Kier alpha value is -1.84. The maximum absolute atomic E-state index is 12.0. The summed E-state index contributed by atoms with van der Waals surface area (Å²) in [7, 11) is 0. The molecule has 21 heavy (non-hydrogen) atoms. The number of thioether (sulfide) groups is 1. The summed E-state index contributed by atoms with van der Waals surface area (Å²) in [6.07, 6.45) is 1.97. The van der Waals surface area contributed by atoms with Crippen molar-refractivity contribution in [1.82, 2.24) is 14.5 Å². The normalized spacial score (nSPS) is 25.9. The van der Waals surface area contributed by atoms with E-state index < -0.39 is 29.3 Å². The number of aliphatic carboxylic acids is 1. The largest absolute Gasteiger partial charge is 0.476 e. The molecule has 0 bridgehead atoms. The third kappa shape index (κ3) is 1.88. The van der Waals surface area contributed by atoms with Gasteiger partial charge in [0.1, 0.15) is 10.4 Å². The fourth-order valence-corrected chi connectivity index (χ4v) is 4.16. The van der Waals surface area contributed by atoms with Crippen LogP contribution in [-0.2, 0) is 16.2 Å². The minimum Gasteiger partial charge on any atom is -0.476 e. The molecule has 1 saturated heterocycles. The highest BCUT2D eigenvalue weighted by Crippen LogP contribution is 2.52. The average Bonchev–Trinajstić information content (AvgIpc) is 2.99. The number of aliphatic hydroxyl groups excluding tert-OH is 2. The van der Waals surface area contributed by atoms with Crippen LogP contribution in [0.15, 0.2) is 18.2 Å². The summed E-state index contributed by atoms with van der Waals surface area (Å²) in [5.41, 5.74) is 0.291. The number of carboxylic acid groups (broad SMARTS) is 1. The summed E-state index contributed by atoms with van der Waals surface area (Å²) < 4.78 is 1.46. The van der Waals surface area contributed by atoms with Crippen LogP contribution in [0.1, 0.15) is 12.6 Å². The number of β-lactam (4-membered cyclic amide) rings is 1. The highest BCUT2D eigenvalue weighted by molar-refractivity contribution is 8.08. The molecule has 8 nitrogen and oxygen atoms in total. The lowest BCUT2D eigenvalue weighted by Crippen LogP contribution is -2.60. The van der Waals surface area contributed by atoms with E-state index in [9.17, 15) is 24.9 Å². The molecule has 9 heteroatoms. The minimum atomic E-state index is -1.23. The van der Waals surface area contributed by atoms with Crippen molar-refractivity contribution in [2.75, 3.05) is 0 Å². The van der Waals surface area contributed by atoms with Gasteiger partial charge < -0.3 is 15.3 Å². The molecular formula is C12H13N3O5S. The van der Waals surface area contributed by atoms with Gasteiger partial charge in [0.15, 0.2) is 5.70 Å². The first kappa shape index (κ1) is 14.1. The number of fused-ring (bicyclic) bond motifs is 1. The Morgan fingerprint density at radius 3 is 2.86 bits per heavy atom. The smallest absolute Gasteiger partial charge is 0.355 e. The highest BCUT2D eigenvalue weighted by atomic mass is 32.2. The molecule has 1 fully saturated rings. The molecule has 3 N–H and O–H groups in total. The standard InChI is InChI=1S/C12H13N3O5S/c1-5(17)7-9(18)15-8(12(19)20)11(21-10(7)15)14-4-13-2-6(14)3-16/h2,4-5,7,10,16-17H,3H2,1H3,(H,19,20)/t5?,7?,10-/m1/s1. The lowest BCUT2D eigenvalue weighted by atomic mass is 9.92. The fourth-order valence-electron chi connectivity index (χ4n) is 2.56. The van der Waals surface area contributed by atoms with E-state index in [1.165, 1.54) is 40.7 Å². The van der Waals surface area contributed by atoms with Crippen LogP contribution in [0.4, 0.5) is 0 Å². The molecule has 2 aliphatic heterocycles. The van der Waals surface area contributed by atoms with Crippen molar-refractivity contribution in [1.29, 1.82) is 0 Å². The number of carbonyl (C=O) groups excluding carboxylic acids is 1. The summed E-state index contributed by atoms with van der Waals surface area (Å²) in [6, 6.07) is 0. The molecule has 3 atom stereocenters. The zero-order chi connectivity index (χ0) is 15.3. The second kappa shape index (κ2) is 4.86. The summed E-state index contributed by atoms with van der Waals surface area (Å²) in [4.78, 5) is 28.6. The maximum Gasteiger partial charge on any atom is 0.355 e. The van der Waals surface area contributed by atoms with E-state index in [1.807, 2.05) is 0 Å². The molecule has 2 unspecified atom stereocenters. The maximum atomic E-state index is 12.0. The Morgan fingerprint density at radius 2 is 2.29 bits per heavy atom. The van der Waals surface area contributed by atoms with Gasteiger partial charge in [0.05, 0.1) is 36.8 Å². The van der Waals surface area contributed by atoms with Crippen LogP contribution < -0.4 is 0 Å². The predicted octanol–water partition coefficient (Wildman–Crippen LogP) is -0.502. The van der Waals surface area contributed by atoms with Gasteiger partial charge in [-0.15, -0.1) is 0 Å². The van der Waals surface area contributed by atoms with Crippen molar-refractivity contribution < 1.29 is 24.9 Å². The van der Waals surface area contributed by atoms with Crippen LogP contribution >= 0.6 is 11.8 Å². The number of hydrogen-bond donors (Lipinski definition) is 3. The van der Waals surface area contributed by atoms with Gasteiger partial charge in [-0.25, -0.2) is 9.78 Å². The van der Waals surface area contributed by atoms with Gasteiger partial charge in [-0.1, -0.05) is 11.8 Å². The number of carbonyl (C=O) groups is 2. The Balaban J connectivity index is 2.05. The number of aromatic nitrogens is 2. The molecule has 0 radical (unpaired) electrons. The van der Waals surface area contributed by atoms with E-state index in [0.29, 0.717) is 10.7 Å². The number of rotatable bonds is 4. The van der Waals surface area contributed by atoms with Gasteiger partial charge in [-0.05, 0) is 6.92 Å². The molecule has 2 aliphatic rings. The highest BCUT2D eigenvalue weighted by Gasteiger charge is 2.58. The van der Waals surface area contributed by atoms with E-state index >= 15 is 0 Å². The van der Waals surface area contributed by atoms with Gasteiger partial charge >= 0.3 is 5.97 Å². The molecule has 3 heterocycles. The van der Waals surface area contributed by atoms with Crippen LogP contribution in [-0.4, -0.2) is 53.1 Å². The third-order valence-corrected chi connectivity index (χ3v) is 4.94. The van der Waals surface area contributed by atoms with E-state index in [-0.39, 0.29) is 12.3 Å². The Labute approximate surface area is 123 Å². The van der Waals surface area contributed by atoms with Crippen molar-refractivity contribution in [3.8, 4) is 0 Å². The number of amides is 1. The molecular weight excluding hydrogens is 298 g/mol. The zero-order valence-electron chi connectivity index (χ0n) is 11.0. The van der Waals surface area contributed by atoms with E-state index in [1.54, 1.807) is 0 Å². The van der Waals surface area contributed by atoms with Crippen molar-refractivity contribution in [3.05, 3.63) is 23.9 Å². The SMILES string of the molecule is CC(O)C1C(=O)N2C(C(=O)O)=C(n3cncc3CO)S[C@H]12. The lowest BCUT2D eigenvalue weighted by Gasteiger charge is -2.43. The lowest BCUT2D eigenvalue weighted by molar-refractivity contribution is -0.156. The predicted molar refractivity (Wildman–Crippen MR) is 72.4 cm³/mol. The van der Waals surface area contributed by atoms with Crippen LogP contribution in [0, 0.1) is 5.92 Å². The van der Waals surface area contributed by atoms with Crippen LogP contribution in [0.3, 0.4) is 0 Å². The van der Waals surface area contributed by atoms with Gasteiger partial charge in [0.2, 0.25) is 5.91 Å². The van der Waals surface area contributed by atoms with Crippen molar-refractivity contribution in [2.24, 2.45) is 5.92 Å². The molecule has 1 aromatic rings. The van der Waals surface area contributed by atoms with Gasteiger partial charge in [-0.3, -0.25) is 14.3 Å². The molecule has 1 amide bonds. The van der Waals surface area contributed by atoms with Gasteiger partial charge in [-0.2, -0.15) is 0 Å². The molecule has 0 aliphatic carbocycles. The molecule has 1 aromatic heterocycles. The first-order valence-corrected chi connectivity index (χ1v) is 7.13. The molecule has 0 spiro atoms. The van der Waals surface area contributed by atoms with Crippen LogP contribution in [0.2, 0.25) is 0 Å². The summed E-state index contributed by atoms with van der Waals surface area (Å²) in [5.74, 6) is -2.25. The zero-order valence-corrected chi connectivity index (χ0v) is 11.8. The summed E-state index contributed by atoms with van der Waals surface area (Å²) in [6.45, 7) is 1.21. The minimum absolute atomic E-state index is 0.139. The third-order valence-electron chi connectivity index (χ3n) is 3.58. The van der Waals surface area contributed by atoms with Gasteiger partial charge in [0.25, 0.3) is 0 Å². The fraction of sp³-hybridized carbons (Fsp3) is 0.417. The summed E-state index contributed by atoms with van der Waals surface area (Å²) >= 11 is 1.18. The number of imidazole rings is 1. The second-order valence-corrected chi connectivity index (χ2v) is 5.96. The van der Waals surface area contributed by atoms with Crippen molar-refractivity contribution >= 4 is 28.7 Å². The van der Waals surface area contributed by atoms with E-state index in [2.05, 4.69) is 4.98 Å². The molecule has 3 rings (SSSR count). The van der Waals surface area contributed by atoms with Crippen LogP contribution in [0.25, 0.3) is 5.03 Å². The number of hydrogen-bond acceptors (Lipinski definition) is 6.